The monoisotopic (exact) mass is 414 g/mol. The topological polar surface area (TPSA) is 109 Å². The van der Waals surface area contributed by atoms with Crippen LogP contribution in [0, 0.1) is 11.3 Å². The van der Waals surface area contributed by atoms with Gasteiger partial charge in [-0.1, -0.05) is 13.0 Å². The van der Waals surface area contributed by atoms with Crippen LogP contribution in [0.3, 0.4) is 0 Å². The molecule has 4 rings (SSSR count). The van der Waals surface area contributed by atoms with Crippen molar-refractivity contribution in [2.45, 2.75) is 26.3 Å². The highest BCUT2D eigenvalue weighted by Crippen LogP contribution is 2.42. The second kappa shape index (κ2) is 8.06. The molecule has 2 aromatic rings. The third kappa shape index (κ3) is 3.54. The molecule has 0 spiro atoms. The van der Waals surface area contributed by atoms with Crippen LogP contribution in [0.5, 0.6) is 0 Å². The van der Waals surface area contributed by atoms with Crippen molar-refractivity contribution in [2.24, 2.45) is 11.3 Å². The minimum absolute atomic E-state index is 0.00632. The van der Waals surface area contributed by atoms with Gasteiger partial charge in [-0.3, -0.25) is 14.4 Å². The molecule has 0 radical (unpaired) electrons. The molecule has 2 aromatic heterocycles. The Balaban J connectivity index is 1.40. The van der Waals surface area contributed by atoms with Gasteiger partial charge in [-0.15, -0.1) is 0 Å². The van der Waals surface area contributed by atoms with Gasteiger partial charge in [0.05, 0.1) is 6.61 Å². The van der Waals surface area contributed by atoms with Crippen LogP contribution in [-0.2, 0) is 17.8 Å². The SMILES string of the molecule is CCc1ocnc1C(=O)N1C[C@H]2CN(C(=O)CCn3ccccc3=O)C[C@@]2(CO)C1. The summed E-state index contributed by atoms with van der Waals surface area (Å²) in [4.78, 5) is 45.0. The van der Waals surface area contributed by atoms with Crippen molar-refractivity contribution in [1.29, 1.82) is 0 Å². The number of nitrogens with zero attached hydrogens (tertiary/aromatic N) is 4. The van der Waals surface area contributed by atoms with Gasteiger partial charge in [0.1, 0.15) is 5.76 Å². The highest BCUT2D eigenvalue weighted by Gasteiger charge is 2.54. The van der Waals surface area contributed by atoms with E-state index in [0.717, 1.165) is 0 Å². The molecule has 2 saturated heterocycles. The third-order valence-electron chi connectivity index (χ3n) is 6.34. The first-order valence-corrected chi connectivity index (χ1v) is 10.2. The Morgan fingerprint density at radius 2 is 2.03 bits per heavy atom. The number of aryl methyl sites for hydroxylation is 2. The van der Waals surface area contributed by atoms with Gasteiger partial charge in [0.2, 0.25) is 5.91 Å². The first-order chi connectivity index (χ1) is 14.5. The van der Waals surface area contributed by atoms with Gasteiger partial charge in [0.25, 0.3) is 11.5 Å². The second-order valence-electron chi connectivity index (χ2n) is 8.14. The summed E-state index contributed by atoms with van der Waals surface area (Å²) in [6.07, 6.45) is 3.75. The number of hydrogen-bond donors (Lipinski definition) is 1. The standard InChI is InChI=1S/C21H26N4O5/c1-2-16-19(22-14-30-16)20(29)25-10-15-9-24(11-21(15,12-25)13-26)18(28)6-8-23-7-4-3-5-17(23)27/h3-5,7,14-15,26H,2,6,8-13H2,1H3/t15-,21+/m1/s1. The van der Waals surface area contributed by atoms with Crippen molar-refractivity contribution in [2.75, 3.05) is 32.8 Å². The number of aliphatic hydroxyl groups is 1. The summed E-state index contributed by atoms with van der Waals surface area (Å²) in [6.45, 7) is 3.87. The lowest BCUT2D eigenvalue weighted by atomic mass is 9.82. The average Bonchev–Trinajstić information content (AvgIpc) is 3.44. The van der Waals surface area contributed by atoms with Crippen LogP contribution < -0.4 is 5.56 Å². The molecule has 0 bridgehead atoms. The van der Waals surface area contributed by atoms with Crippen LogP contribution in [0.15, 0.2) is 40.0 Å². The first-order valence-electron chi connectivity index (χ1n) is 10.2. The van der Waals surface area contributed by atoms with Crippen molar-refractivity contribution in [1.82, 2.24) is 19.4 Å². The number of aromatic nitrogens is 2. The Morgan fingerprint density at radius 1 is 1.27 bits per heavy atom. The number of aliphatic hydroxyl groups excluding tert-OH is 1. The van der Waals surface area contributed by atoms with Gasteiger partial charge in [0.15, 0.2) is 12.1 Å². The van der Waals surface area contributed by atoms with Gasteiger partial charge < -0.3 is 23.9 Å². The number of fused-ring (bicyclic) bond motifs is 1. The molecule has 9 nitrogen and oxygen atoms in total. The summed E-state index contributed by atoms with van der Waals surface area (Å²) in [5.74, 6) is 0.328. The van der Waals surface area contributed by atoms with Crippen LogP contribution >= 0.6 is 0 Å². The number of likely N-dealkylation sites (tertiary alicyclic amines) is 2. The fourth-order valence-corrected chi connectivity index (χ4v) is 4.61. The largest absolute Gasteiger partial charge is 0.448 e. The highest BCUT2D eigenvalue weighted by atomic mass is 16.3. The fraction of sp³-hybridized carbons (Fsp3) is 0.524. The maximum absolute atomic E-state index is 12.9. The minimum atomic E-state index is -0.523. The number of hydrogen-bond acceptors (Lipinski definition) is 6. The van der Waals surface area contributed by atoms with E-state index in [9.17, 15) is 19.5 Å². The summed E-state index contributed by atoms with van der Waals surface area (Å²) in [5.41, 5.74) is -0.332. The van der Waals surface area contributed by atoms with Crippen molar-refractivity contribution in [3.05, 3.63) is 52.6 Å². The van der Waals surface area contributed by atoms with E-state index in [2.05, 4.69) is 4.98 Å². The van der Waals surface area contributed by atoms with Crippen LogP contribution in [0.1, 0.15) is 29.6 Å². The average molecular weight is 414 g/mol. The van der Waals surface area contributed by atoms with Crippen LogP contribution in [0.2, 0.25) is 0 Å². The zero-order chi connectivity index (χ0) is 21.3. The molecule has 1 N–H and O–H groups in total. The molecule has 9 heteroatoms. The van der Waals surface area contributed by atoms with Crippen molar-refractivity contribution >= 4 is 11.8 Å². The van der Waals surface area contributed by atoms with Crippen LogP contribution in [0.4, 0.5) is 0 Å². The molecule has 30 heavy (non-hydrogen) atoms. The zero-order valence-electron chi connectivity index (χ0n) is 17.0. The first kappa shape index (κ1) is 20.3. The Bertz CT molecular complexity index is 999. The van der Waals surface area contributed by atoms with E-state index in [-0.39, 0.29) is 36.3 Å². The van der Waals surface area contributed by atoms with Gasteiger partial charge in [-0.05, 0) is 6.07 Å². The minimum Gasteiger partial charge on any atom is -0.448 e. The molecule has 2 aliphatic heterocycles. The molecular weight excluding hydrogens is 388 g/mol. The molecule has 2 atom stereocenters. The number of carbonyl (C=O) groups is 2. The van der Waals surface area contributed by atoms with Crippen LogP contribution in [-0.4, -0.2) is 69.1 Å². The normalized spacial score (nSPS) is 23.1. The number of rotatable bonds is 6. The van der Waals surface area contributed by atoms with Gasteiger partial charge in [-0.25, -0.2) is 4.98 Å². The number of carbonyl (C=O) groups excluding carboxylic acids is 2. The number of oxazole rings is 1. The predicted octanol–water partition coefficient (Wildman–Crippen LogP) is 0.382. The van der Waals surface area contributed by atoms with E-state index in [1.807, 2.05) is 6.92 Å². The summed E-state index contributed by atoms with van der Waals surface area (Å²) in [7, 11) is 0. The molecule has 160 valence electrons. The van der Waals surface area contributed by atoms with Crippen molar-refractivity contribution in [3.8, 4) is 0 Å². The Hall–Kier alpha value is -2.94. The lowest BCUT2D eigenvalue weighted by Gasteiger charge is -2.27. The summed E-state index contributed by atoms with van der Waals surface area (Å²) < 4.78 is 6.79. The number of amides is 2. The van der Waals surface area contributed by atoms with E-state index in [4.69, 9.17) is 4.42 Å². The van der Waals surface area contributed by atoms with Gasteiger partial charge in [0, 0.05) is 69.2 Å². The van der Waals surface area contributed by atoms with E-state index < -0.39 is 5.41 Å². The van der Waals surface area contributed by atoms with Gasteiger partial charge >= 0.3 is 0 Å². The fourth-order valence-electron chi connectivity index (χ4n) is 4.61. The lowest BCUT2D eigenvalue weighted by molar-refractivity contribution is -0.131. The van der Waals surface area contributed by atoms with E-state index in [1.165, 1.54) is 17.0 Å². The Labute approximate surface area is 173 Å². The van der Waals surface area contributed by atoms with Crippen LogP contribution in [0.25, 0.3) is 0 Å². The molecule has 2 fully saturated rings. The molecule has 0 aromatic carbocycles. The third-order valence-corrected chi connectivity index (χ3v) is 6.34. The Kier molecular flexibility index (Phi) is 5.46. The Morgan fingerprint density at radius 3 is 2.73 bits per heavy atom. The molecule has 0 unspecified atom stereocenters. The second-order valence-corrected chi connectivity index (χ2v) is 8.14. The smallest absolute Gasteiger partial charge is 0.276 e. The van der Waals surface area contributed by atoms with Crippen molar-refractivity contribution in [3.63, 3.8) is 0 Å². The number of pyridine rings is 1. The van der Waals surface area contributed by atoms with Gasteiger partial charge in [-0.2, -0.15) is 0 Å². The molecule has 2 amide bonds. The molecule has 0 aliphatic carbocycles. The zero-order valence-corrected chi connectivity index (χ0v) is 17.0. The van der Waals surface area contributed by atoms with Crippen molar-refractivity contribution < 1.29 is 19.1 Å². The molecule has 2 aliphatic rings. The summed E-state index contributed by atoms with van der Waals surface area (Å²) in [5, 5.41) is 10.1. The quantitative estimate of drug-likeness (QED) is 0.732. The summed E-state index contributed by atoms with van der Waals surface area (Å²) in [6, 6.07) is 4.90. The summed E-state index contributed by atoms with van der Waals surface area (Å²) >= 11 is 0. The molecular formula is C21H26N4O5. The molecule has 4 heterocycles. The lowest BCUT2D eigenvalue weighted by Crippen LogP contribution is -2.41. The van der Waals surface area contributed by atoms with E-state index in [1.54, 1.807) is 28.1 Å². The van der Waals surface area contributed by atoms with E-state index >= 15 is 0 Å². The molecule has 0 saturated carbocycles. The highest BCUT2D eigenvalue weighted by molar-refractivity contribution is 5.93. The predicted molar refractivity (Wildman–Crippen MR) is 107 cm³/mol. The van der Waals surface area contributed by atoms with E-state index in [0.29, 0.717) is 50.6 Å². The maximum atomic E-state index is 12.9. The maximum Gasteiger partial charge on any atom is 0.276 e.